The number of hydrogen-bond donors (Lipinski definition) is 1. The number of nitrogens with zero attached hydrogens (tertiary/aromatic N) is 2. The molecule has 0 bridgehead atoms. The van der Waals surface area contributed by atoms with E-state index in [0.717, 1.165) is 24.8 Å². The molecule has 0 saturated carbocycles. The summed E-state index contributed by atoms with van der Waals surface area (Å²) in [5.41, 5.74) is 0. The van der Waals surface area contributed by atoms with E-state index in [0.29, 0.717) is 6.04 Å². The highest BCUT2D eigenvalue weighted by atomic mass is 32.1. The summed E-state index contributed by atoms with van der Waals surface area (Å²) >= 11 is 1.75. The molecule has 0 spiro atoms. The second-order valence-electron chi connectivity index (χ2n) is 3.92. The van der Waals surface area contributed by atoms with E-state index in [1.54, 1.807) is 11.3 Å². The standard InChI is InChI=1S/C13H23N3S/c1-5-14-11(4)8-9-12-10-15-13(17-12)16(6-2)7-3/h8-11,14H,5-7H2,1-4H3/b9-8+. The number of anilines is 1. The highest BCUT2D eigenvalue weighted by Crippen LogP contribution is 2.23. The van der Waals surface area contributed by atoms with Crippen LogP contribution in [-0.2, 0) is 0 Å². The number of rotatable bonds is 7. The average molecular weight is 253 g/mol. The van der Waals surface area contributed by atoms with E-state index in [4.69, 9.17) is 0 Å². The lowest BCUT2D eigenvalue weighted by Gasteiger charge is -2.16. The van der Waals surface area contributed by atoms with Crippen molar-refractivity contribution in [3.05, 3.63) is 17.2 Å². The van der Waals surface area contributed by atoms with Crippen molar-refractivity contribution in [1.29, 1.82) is 0 Å². The zero-order valence-electron chi connectivity index (χ0n) is 11.2. The van der Waals surface area contributed by atoms with Crippen molar-refractivity contribution < 1.29 is 0 Å². The maximum absolute atomic E-state index is 4.45. The lowest BCUT2D eigenvalue weighted by atomic mass is 10.3. The van der Waals surface area contributed by atoms with Gasteiger partial charge in [-0.25, -0.2) is 4.98 Å². The minimum absolute atomic E-state index is 0.416. The van der Waals surface area contributed by atoms with Gasteiger partial charge in [0.25, 0.3) is 0 Å². The third-order valence-corrected chi connectivity index (χ3v) is 3.64. The molecule has 0 amide bonds. The van der Waals surface area contributed by atoms with Crippen molar-refractivity contribution in [3.8, 4) is 0 Å². The minimum atomic E-state index is 0.416. The molecular weight excluding hydrogens is 230 g/mol. The molecule has 1 atom stereocenters. The molecule has 1 rings (SSSR count). The van der Waals surface area contributed by atoms with Crippen molar-refractivity contribution in [3.63, 3.8) is 0 Å². The lowest BCUT2D eigenvalue weighted by molar-refractivity contribution is 0.663. The second-order valence-corrected chi connectivity index (χ2v) is 4.96. The van der Waals surface area contributed by atoms with E-state index in [2.05, 4.69) is 55.0 Å². The number of hydrogen-bond acceptors (Lipinski definition) is 4. The first-order valence-corrected chi connectivity index (χ1v) is 7.15. The van der Waals surface area contributed by atoms with Gasteiger partial charge in [-0.15, -0.1) is 0 Å². The van der Waals surface area contributed by atoms with E-state index in [1.807, 2.05) is 6.20 Å². The highest BCUT2D eigenvalue weighted by Gasteiger charge is 2.05. The van der Waals surface area contributed by atoms with Crippen molar-refractivity contribution in [1.82, 2.24) is 10.3 Å². The Bertz CT molecular complexity index is 342. The summed E-state index contributed by atoms with van der Waals surface area (Å²) in [5, 5.41) is 4.47. The van der Waals surface area contributed by atoms with Crippen LogP contribution in [0.2, 0.25) is 0 Å². The van der Waals surface area contributed by atoms with Crippen LogP contribution >= 0.6 is 11.3 Å². The summed E-state index contributed by atoms with van der Waals surface area (Å²) in [5.74, 6) is 0. The Hall–Kier alpha value is -0.870. The van der Waals surface area contributed by atoms with E-state index in [-0.39, 0.29) is 0 Å². The Morgan fingerprint density at radius 2 is 2.12 bits per heavy atom. The molecular formula is C13H23N3S. The summed E-state index contributed by atoms with van der Waals surface area (Å²) in [7, 11) is 0. The highest BCUT2D eigenvalue weighted by molar-refractivity contribution is 7.16. The molecule has 1 aromatic heterocycles. The quantitative estimate of drug-likeness (QED) is 0.809. The van der Waals surface area contributed by atoms with E-state index < -0.39 is 0 Å². The smallest absolute Gasteiger partial charge is 0.185 e. The molecule has 0 radical (unpaired) electrons. The fourth-order valence-corrected chi connectivity index (χ4v) is 2.58. The monoisotopic (exact) mass is 253 g/mol. The zero-order chi connectivity index (χ0) is 12.7. The third-order valence-electron chi connectivity index (χ3n) is 2.62. The van der Waals surface area contributed by atoms with Gasteiger partial charge < -0.3 is 10.2 Å². The topological polar surface area (TPSA) is 28.2 Å². The number of thiazole rings is 1. The van der Waals surface area contributed by atoms with Crippen molar-refractivity contribution in [2.24, 2.45) is 0 Å². The van der Waals surface area contributed by atoms with Gasteiger partial charge in [0.1, 0.15) is 0 Å². The van der Waals surface area contributed by atoms with Gasteiger partial charge >= 0.3 is 0 Å². The minimum Gasteiger partial charge on any atom is -0.349 e. The molecule has 0 aliphatic rings. The Morgan fingerprint density at radius 1 is 1.41 bits per heavy atom. The fourth-order valence-electron chi connectivity index (χ4n) is 1.62. The molecule has 1 unspecified atom stereocenters. The van der Waals surface area contributed by atoms with Gasteiger partial charge in [-0.1, -0.05) is 24.3 Å². The molecule has 1 aromatic rings. The molecule has 0 fully saturated rings. The number of nitrogens with one attached hydrogen (secondary N) is 1. The molecule has 1 N–H and O–H groups in total. The Morgan fingerprint density at radius 3 is 2.71 bits per heavy atom. The first-order valence-electron chi connectivity index (χ1n) is 6.33. The summed E-state index contributed by atoms with van der Waals surface area (Å²) in [4.78, 5) is 7.95. The summed E-state index contributed by atoms with van der Waals surface area (Å²) in [6.07, 6.45) is 6.29. The first-order chi connectivity index (χ1) is 8.21. The normalized spacial score (nSPS) is 13.2. The second kappa shape index (κ2) is 7.45. The molecule has 4 heteroatoms. The maximum atomic E-state index is 4.45. The van der Waals surface area contributed by atoms with Gasteiger partial charge in [0.2, 0.25) is 0 Å². The molecule has 0 aliphatic carbocycles. The maximum Gasteiger partial charge on any atom is 0.185 e. The van der Waals surface area contributed by atoms with Gasteiger partial charge in [0.15, 0.2) is 5.13 Å². The third kappa shape index (κ3) is 4.48. The zero-order valence-corrected chi connectivity index (χ0v) is 12.0. The van der Waals surface area contributed by atoms with Gasteiger partial charge in [0, 0.05) is 30.2 Å². The number of aromatic nitrogens is 1. The van der Waals surface area contributed by atoms with Gasteiger partial charge in [-0.05, 0) is 33.4 Å². The molecule has 0 aliphatic heterocycles. The molecule has 1 heterocycles. The summed E-state index contributed by atoms with van der Waals surface area (Å²) in [6.45, 7) is 11.6. The Labute approximate surface area is 109 Å². The van der Waals surface area contributed by atoms with Crippen LogP contribution in [0.1, 0.15) is 32.6 Å². The Balaban J connectivity index is 2.62. The number of likely N-dealkylation sites (N-methyl/N-ethyl adjacent to an activating group) is 1. The molecule has 0 aromatic carbocycles. The van der Waals surface area contributed by atoms with E-state index in [9.17, 15) is 0 Å². The van der Waals surface area contributed by atoms with Gasteiger partial charge in [-0.2, -0.15) is 0 Å². The molecule has 96 valence electrons. The lowest BCUT2D eigenvalue weighted by Crippen LogP contribution is -2.22. The average Bonchev–Trinajstić information content (AvgIpc) is 2.77. The molecule has 3 nitrogen and oxygen atoms in total. The van der Waals surface area contributed by atoms with Crippen LogP contribution in [0.25, 0.3) is 6.08 Å². The van der Waals surface area contributed by atoms with Crippen LogP contribution in [0.3, 0.4) is 0 Å². The predicted molar refractivity (Wildman–Crippen MR) is 77.8 cm³/mol. The van der Waals surface area contributed by atoms with Crippen LogP contribution in [-0.4, -0.2) is 30.7 Å². The SMILES string of the molecule is CCNC(C)/C=C/c1cnc(N(CC)CC)s1. The first kappa shape index (κ1) is 14.2. The van der Waals surface area contributed by atoms with Crippen LogP contribution < -0.4 is 10.2 Å². The van der Waals surface area contributed by atoms with Crippen molar-refractivity contribution in [2.75, 3.05) is 24.5 Å². The van der Waals surface area contributed by atoms with Gasteiger partial charge in [-0.3, -0.25) is 0 Å². The van der Waals surface area contributed by atoms with Gasteiger partial charge in [0.05, 0.1) is 0 Å². The predicted octanol–water partition coefficient (Wildman–Crippen LogP) is 3.00. The van der Waals surface area contributed by atoms with Crippen LogP contribution in [0.4, 0.5) is 5.13 Å². The Kier molecular flexibility index (Phi) is 6.22. The van der Waals surface area contributed by atoms with E-state index in [1.165, 1.54) is 4.88 Å². The molecule has 17 heavy (non-hydrogen) atoms. The van der Waals surface area contributed by atoms with Crippen molar-refractivity contribution >= 4 is 22.5 Å². The fraction of sp³-hybridized carbons (Fsp3) is 0.615. The van der Waals surface area contributed by atoms with Crippen LogP contribution in [0, 0.1) is 0 Å². The van der Waals surface area contributed by atoms with Crippen LogP contribution in [0.5, 0.6) is 0 Å². The summed E-state index contributed by atoms with van der Waals surface area (Å²) in [6, 6.07) is 0.416. The largest absolute Gasteiger partial charge is 0.349 e. The van der Waals surface area contributed by atoms with Crippen molar-refractivity contribution in [2.45, 2.75) is 33.7 Å². The summed E-state index contributed by atoms with van der Waals surface area (Å²) < 4.78 is 0. The van der Waals surface area contributed by atoms with E-state index >= 15 is 0 Å². The van der Waals surface area contributed by atoms with Crippen LogP contribution in [0.15, 0.2) is 12.3 Å². The molecule has 0 saturated heterocycles.